The van der Waals surface area contributed by atoms with Crippen LogP contribution in [0.3, 0.4) is 0 Å². The summed E-state index contributed by atoms with van der Waals surface area (Å²) < 4.78 is 0. The largest absolute Gasteiger partial charge is 0.351 e. The highest BCUT2D eigenvalue weighted by molar-refractivity contribution is 7.11. The van der Waals surface area contributed by atoms with Crippen molar-refractivity contribution in [3.05, 3.63) is 84.2 Å². The molecule has 3 aromatic rings. The second-order valence-corrected chi connectivity index (χ2v) is 9.01. The van der Waals surface area contributed by atoms with E-state index in [0.717, 1.165) is 13.0 Å². The van der Waals surface area contributed by atoms with Crippen molar-refractivity contribution >= 4 is 34.3 Å². The Bertz CT molecular complexity index is 999. The summed E-state index contributed by atoms with van der Waals surface area (Å²) in [6.07, 6.45) is 1.01. The molecular weight excluding hydrogens is 406 g/mol. The monoisotopic (exact) mass is 427 g/mol. The smallest absolute Gasteiger partial charge is 0.269 e. The Balaban J connectivity index is 1.44. The minimum Gasteiger partial charge on any atom is -0.351 e. The molecule has 1 aliphatic rings. The van der Waals surface area contributed by atoms with Crippen LogP contribution in [0, 0.1) is 10.1 Å². The SMILES string of the molecule is C[C@@H]1Cc2ccsc2[C@H](c2cccs2)N1CCNC(=O)c1ccc([N+](=O)[O-])cc1. The van der Waals surface area contributed by atoms with E-state index in [-0.39, 0.29) is 17.6 Å². The highest BCUT2D eigenvalue weighted by Crippen LogP contribution is 2.41. The molecule has 0 aliphatic carbocycles. The summed E-state index contributed by atoms with van der Waals surface area (Å²) >= 11 is 3.57. The lowest BCUT2D eigenvalue weighted by Crippen LogP contribution is -2.45. The second-order valence-electron chi connectivity index (χ2n) is 7.08. The van der Waals surface area contributed by atoms with E-state index in [1.165, 1.54) is 39.6 Å². The molecule has 0 spiro atoms. The van der Waals surface area contributed by atoms with Crippen LogP contribution in [0.15, 0.2) is 53.2 Å². The number of nitrogens with zero attached hydrogens (tertiary/aromatic N) is 2. The van der Waals surface area contributed by atoms with Gasteiger partial charge in [-0.15, -0.1) is 22.7 Å². The van der Waals surface area contributed by atoms with Crippen molar-refractivity contribution in [2.45, 2.75) is 25.4 Å². The zero-order valence-corrected chi connectivity index (χ0v) is 17.5. The number of thiophene rings is 2. The van der Waals surface area contributed by atoms with E-state index in [0.29, 0.717) is 18.2 Å². The lowest BCUT2D eigenvalue weighted by molar-refractivity contribution is -0.384. The first-order valence-electron chi connectivity index (χ1n) is 9.42. The van der Waals surface area contributed by atoms with Gasteiger partial charge in [0.2, 0.25) is 0 Å². The Hall–Kier alpha value is -2.55. The summed E-state index contributed by atoms with van der Waals surface area (Å²) in [5.74, 6) is -0.214. The zero-order chi connectivity index (χ0) is 20.4. The second kappa shape index (κ2) is 8.44. The van der Waals surface area contributed by atoms with Crippen LogP contribution in [-0.4, -0.2) is 34.9 Å². The van der Waals surface area contributed by atoms with E-state index in [1.54, 1.807) is 22.7 Å². The third-order valence-corrected chi connectivity index (χ3v) is 7.19. The number of nitro groups is 1. The van der Waals surface area contributed by atoms with Crippen LogP contribution >= 0.6 is 22.7 Å². The van der Waals surface area contributed by atoms with E-state index in [4.69, 9.17) is 0 Å². The molecule has 0 saturated carbocycles. The first-order chi connectivity index (χ1) is 14.0. The van der Waals surface area contributed by atoms with E-state index >= 15 is 0 Å². The number of non-ortho nitro benzene ring substituents is 1. The van der Waals surface area contributed by atoms with E-state index in [1.807, 2.05) is 0 Å². The van der Waals surface area contributed by atoms with Gasteiger partial charge in [-0.2, -0.15) is 0 Å². The Morgan fingerprint density at radius 1 is 1.21 bits per heavy atom. The molecule has 1 aromatic carbocycles. The number of rotatable bonds is 6. The molecule has 2 atom stereocenters. The van der Waals surface area contributed by atoms with E-state index in [2.05, 4.69) is 46.1 Å². The molecule has 3 heterocycles. The van der Waals surface area contributed by atoms with Crippen molar-refractivity contribution in [2.75, 3.05) is 13.1 Å². The fraction of sp³-hybridized carbons (Fsp3) is 0.286. The van der Waals surface area contributed by atoms with Crippen LogP contribution in [0.1, 0.15) is 38.6 Å². The molecule has 1 N–H and O–H groups in total. The van der Waals surface area contributed by atoms with Gasteiger partial charge in [0.05, 0.1) is 11.0 Å². The maximum atomic E-state index is 12.4. The van der Waals surface area contributed by atoms with Crippen LogP contribution in [0.5, 0.6) is 0 Å². The summed E-state index contributed by atoms with van der Waals surface area (Å²) in [6, 6.07) is 12.8. The summed E-state index contributed by atoms with van der Waals surface area (Å²) in [5, 5.41) is 18.0. The van der Waals surface area contributed by atoms with Crippen LogP contribution in [-0.2, 0) is 6.42 Å². The van der Waals surface area contributed by atoms with Gasteiger partial charge in [0.25, 0.3) is 11.6 Å². The average molecular weight is 428 g/mol. The average Bonchev–Trinajstić information content (AvgIpc) is 3.40. The maximum Gasteiger partial charge on any atom is 0.269 e. The molecule has 0 bridgehead atoms. The molecule has 29 heavy (non-hydrogen) atoms. The van der Waals surface area contributed by atoms with Crippen molar-refractivity contribution in [1.29, 1.82) is 0 Å². The molecule has 150 valence electrons. The Morgan fingerprint density at radius 3 is 2.69 bits per heavy atom. The third-order valence-electron chi connectivity index (χ3n) is 5.25. The Labute approximate surface area is 176 Å². The van der Waals surface area contributed by atoms with Crippen molar-refractivity contribution in [3.63, 3.8) is 0 Å². The Kier molecular flexibility index (Phi) is 5.75. The number of benzene rings is 1. The molecule has 2 aromatic heterocycles. The quantitative estimate of drug-likeness (QED) is 0.465. The fourth-order valence-electron chi connectivity index (χ4n) is 3.82. The van der Waals surface area contributed by atoms with Gasteiger partial charge in [-0.3, -0.25) is 19.8 Å². The number of hydrogen-bond donors (Lipinski definition) is 1. The van der Waals surface area contributed by atoms with E-state index < -0.39 is 4.92 Å². The number of amides is 1. The lowest BCUT2D eigenvalue weighted by Gasteiger charge is -2.40. The van der Waals surface area contributed by atoms with Gasteiger partial charge in [-0.25, -0.2) is 0 Å². The molecule has 8 heteroatoms. The topological polar surface area (TPSA) is 75.5 Å². The summed E-state index contributed by atoms with van der Waals surface area (Å²) in [6.45, 7) is 3.49. The van der Waals surface area contributed by atoms with Crippen LogP contribution in [0.4, 0.5) is 5.69 Å². The Morgan fingerprint density at radius 2 is 2.00 bits per heavy atom. The fourth-order valence-corrected chi connectivity index (χ4v) is 5.82. The molecule has 0 fully saturated rings. The molecule has 1 aliphatic heterocycles. The van der Waals surface area contributed by atoms with Gasteiger partial charge < -0.3 is 5.32 Å². The highest BCUT2D eigenvalue weighted by Gasteiger charge is 2.34. The molecule has 1 amide bonds. The molecule has 0 saturated heterocycles. The van der Waals surface area contributed by atoms with Crippen LogP contribution in [0.25, 0.3) is 0 Å². The van der Waals surface area contributed by atoms with Gasteiger partial charge in [-0.05, 0) is 53.9 Å². The van der Waals surface area contributed by atoms with Gasteiger partial charge in [0.1, 0.15) is 0 Å². The van der Waals surface area contributed by atoms with Gasteiger partial charge in [-0.1, -0.05) is 6.07 Å². The minimum absolute atomic E-state index is 0.0192. The summed E-state index contributed by atoms with van der Waals surface area (Å²) in [7, 11) is 0. The van der Waals surface area contributed by atoms with Gasteiger partial charge >= 0.3 is 0 Å². The molecule has 0 unspecified atom stereocenters. The van der Waals surface area contributed by atoms with Crippen molar-refractivity contribution in [2.24, 2.45) is 0 Å². The number of nitrogens with one attached hydrogen (secondary N) is 1. The third kappa shape index (κ3) is 4.10. The van der Waals surface area contributed by atoms with Crippen LogP contribution < -0.4 is 5.32 Å². The lowest BCUT2D eigenvalue weighted by atomic mass is 9.95. The highest BCUT2D eigenvalue weighted by atomic mass is 32.1. The predicted octanol–water partition coefficient (Wildman–Crippen LogP) is 4.48. The van der Waals surface area contributed by atoms with E-state index in [9.17, 15) is 14.9 Å². The molecule has 6 nitrogen and oxygen atoms in total. The van der Waals surface area contributed by atoms with Crippen molar-refractivity contribution in [1.82, 2.24) is 10.2 Å². The number of nitro benzene ring substituents is 1. The van der Waals surface area contributed by atoms with Gasteiger partial charge in [0.15, 0.2) is 0 Å². The van der Waals surface area contributed by atoms with Gasteiger partial charge in [0, 0.05) is 46.6 Å². The molecule has 4 rings (SSSR count). The zero-order valence-electron chi connectivity index (χ0n) is 15.9. The summed E-state index contributed by atoms with van der Waals surface area (Å²) in [4.78, 5) is 27.9. The first-order valence-corrected chi connectivity index (χ1v) is 11.2. The summed E-state index contributed by atoms with van der Waals surface area (Å²) in [5.41, 5.74) is 1.83. The van der Waals surface area contributed by atoms with Crippen LogP contribution in [0.2, 0.25) is 0 Å². The van der Waals surface area contributed by atoms with Crippen molar-refractivity contribution < 1.29 is 9.72 Å². The normalized spacial score (nSPS) is 18.9. The standard InChI is InChI=1S/C21H21N3O3S2/c1-14-13-16-8-12-29-20(16)19(18-3-2-11-28-18)23(14)10-9-22-21(25)15-4-6-17(7-5-15)24(26)27/h2-8,11-12,14,19H,9-10,13H2,1H3,(H,22,25)/t14-,19+/m1/s1. The first kappa shape index (κ1) is 19.8. The number of carbonyl (C=O) groups excluding carboxylic acids is 1. The maximum absolute atomic E-state index is 12.4. The van der Waals surface area contributed by atoms with Crippen molar-refractivity contribution in [3.8, 4) is 0 Å². The minimum atomic E-state index is -0.469. The molecule has 0 radical (unpaired) electrons. The predicted molar refractivity (Wildman–Crippen MR) is 116 cm³/mol. The number of carbonyl (C=O) groups is 1. The number of hydrogen-bond acceptors (Lipinski definition) is 6. The molecular formula is C21H21N3O3S2. The number of fused-ring (bicyclic) bond motifs is 1.